The number of benzene rings is 3. The summed E-state index contributed by atoms with van der Waals surface area (Å²) in [6, 6.07) is 18.3. The molecular weight excluding hydrogens is 525 g/mol. The Morgan fingerprint density at radius 1 is 1.00 bits per heavy atom. The minimum atomic E-state index is -0.885. The number of fused-ring (bicyclic) bond motifs is 1. The summed E-state index contributed by atoms with van der Waals surface area (Å²) in [5.41, 5.74) is 2.66. The average Bonchev–Trinajstić information content (AvgIpc) is 3.30. The number of phenols is 1. The average molecular weight is 550 g/mol. The summed E-state index contributed by atoms with van der Waals surface area (Å²) in [7, 11) is 2.87. The molecule has 0 fully saturated rings. The van der Waals surface area contributed by atoms with Gasteiger partial charge in [-0.25, -0.2) is 0 Å². The van der Waals surface area contributed by atoms with Crippen LogP contribution in [0.5, 0.6) is 5.75 Å². The fourth-order valence-electron chi connectivity index (χ4n) is 3.77. The zero-order valence-electron chi connectivity index (χ0n) is 19.7. The van der Waals surface area contributed by atoms with Gasteiger partial charge in [-0.2, -0.15) is 0 Å². The molecule has 8 nitrogen and oxygen atoms in total. The molecule has 1 heterocycles. The monoisotopic (exact) mass is 551 g/mol. The van der Waals surface area contributed by atoms with Crippen LogP contribution < -0.4 is 19.6 Å². The SMILES string of the molecule is CNC(=O)c1ccc2c([Se]c3ccccc3C(=O)N[C@@H](Cc3ccc(O)cc3)C(=O)OC)c[nH]c2c1. The van der Waals surface area contributed by atoms with E-state index in [1.807, 2.05) is 24.4 Å². The summed E-state index contributed by atoms with van der Waals surface area (Å²) in [6.07, 6.45) is 2.12. The Morgan fingerprint density at radius 3 is 2.47 bits per heavy atom. The van der Waals surface area contributed by atoms with Gasteiger partial charge in [-0.3, -0.25) is 0 Å². The van der Waals surface area contributed by atoms with Gasteiger partial charge >= 0.3 is 214 Å². The summed E-state index contributed by atoms with van der Waals surface area (Å²) in [5, 5.41) is 15.9. The van der Waals surface area contributed by atoms with Crippen LogP contribution in [-0.2, 0) is 16.0 Å². The second-order valence-electron chi connectivity index (χ2n) is 8.01. The number of ether oxygens (including phenoxy) is 1. The molecule has 3 aromatic carbocycles. The van der Waals surface area contributed by atoms with Gasteiger partial charge in [0.2, 0.25) is 0 Å². The van der Waals surface area contributed by atoms with Crippen molar-refractivity contribution < 1.29 is 24.2 Å². The van der Waals surface area contributed by atoms with Gasteiger partial charge in [-0.15, -0.1) is 0 Å². The molecule has 0 saturated carbocycles. The minimum absolute atomic E-state index is 0.121. The number of hydrogen-bond donors (Lipinski definition) is 4. The van der Waals surface area contributed by atoms with E-state index in [1.165, 1.54) is 19.2 Å². The molecule has 0 aliphatic carbocycles. The summed E-state index contributed by atoms with van der Waals surface area (Å²) < 4.78 is 6.80. The number of esters is 1. The molecule has 9 heteroatoms. The van der Waals surface area contributed by atoms with Crippen LogP contribution in [0.15, 0.2) is 72.9 Å². The fraction of sp³-hybridized carbons (Fsp3) is 0.148. The van der Waals surface area contributed by atoms with Gasteiger partial charge < -0.3 is 0 Å². The van der Waals surface area contributed by atoms with E-state index >= 15 is 0 Å². The number of carbonyl (C=O) groups excluding carboxylic acids is 3. The van der Waals surface area contributed by atoms with Gasteiger partial charge in [0.15, 0.2) is 0 Å². The molecule has 4 N–H and O–H groups in total. The first-order valence-electron chi connectivity index (χ1n) is 11.2. The third-order valence-electron chi connectivity index (χ3n) is 5.65. The number of aromatic amines is 1. The Kier molecular flexibility index (Phi) is 7.73. The molecule has 1 atom stereocenters. The molecule has 0 aliphatic heterocycles. The van der Waals surface area contributed by atoms with Gasteiger partial charge in [-0.05, 0) is 0 Å². The van der Waals surface area contributed by atoms with Crippen LogP contribution >= 0.6 is 0 Å². The first kappa shape index (κ1) is 25.0. The quantitative estimate of drug-likeness (QED) is 0.195. The van der Waals surface area contributed by atoms with Gasteiger partial charge in [0.05, 0.1) is 0 Å². The number of aromatic nitrogens is 1. The third-order valence-corrected chi connectivity index (χ3v) is 8.03. The molecule has 0 unspecified atom stereocenters. The third kappa shape index (κ3) is 5.59. The van der Waals surface area contributed by atoms with Crippen molar-refractivity contribution in [3.05, 3.63) is 89.6 Å². The van der Waals surface area contributed by atoms with Crippen LogP contribution in [-0.4, -0.2) is 63.0 Å². The van der Waals surface area contributed by atoms with Crippen LogP contribution in [0, 0.1) is 0 Å². The van der Waals surface area contributed by atoms with E-state index in [-0.39, 0.29) is 38.9 Å². The number of aromatic hydroxyl groups is 1. The van der Waals surface area contributed by atoms with Crippen molar-refractivity contribution in [1.82, 2.24) is 15.6 Å². The summed E-state index contributed by atoms with van der Waals surface area (Å²) in [6.45, 7) is 0. The van der Waals surface area contributed by atoms with E-state index < -0.39 is 12.0 Å². The van der Waals surface area contributed by atoms with Crippen molar-refractivity contribution in [2.45, 2.75) is 12.5 Å². The van der Waals surface area contributed by atoms with E-state index in [0.29, 0.717) is 11.1 Å². The summed E-state index contributed by atoms with van der Waals surface area (Å²) >= 11 is -0.224. The molecule has 0 spiro atoms. The van der Waals surface area contributed by atoms with Crippen LogP contribution in [0.2, 0.25) is 0 Å². The number of H-pyrrole nitrogens is 1. The zero-order chi connectivity index (χ0) is 25.7. The Morgan fingerprint density at radius 2 is 1.75 bits per heavy atom. The molecular formula is C27H25N3O5Se. The first-order chi connectivity index (χ1) is 17.4. The molecule has 2 amide bonds. The molecule has 0 bridgehead atoms. The Balaban J connectivity index is 1.56. The normalized spacial score (nSPS) is 11.6. The van der Waals surface area contributed by atoms with Crippen LogP contribution in [0.4, 0.5) is 0 Å². The Bertz CT molecular complexity index is 1410. The summed E-state index contributed by atoms with van der Waals surface area (Å²) in [4.78, 5) is 40.9. The van der Waals surface area contributed by atoms with Crippen LogP contribution in [0.1, 0.15) is 26.3 Å². The van der Waals surface area contributed by atoms with E-state index in [2.05, 4.69) is 15.6 Å². The number of phenolic OH excluding ortho intramolecular Hbond substituents is 1. The second kappa shape index (κ2) is 11.1. The summed E-state index contributed by atoms with van der Waals surface area (Å²) in [5.74, 6) is -0.963. The maximum absolute atomic E-state index is 13.3. The number of hydrogen-bond acceptors (Lipinski definition) is 5. The molecule has 184 valence electrons. The molecule has 1 aromatic heterocycles. The van der Waals surface area contributed by atoms with Crippen LogP contribution in [0.25, 0.3) is 10.9 Å². The maximum atomic E-state index is 13.3. The van der Waals surface area contributed by atoms with Crippen LogP contribution in [0.3, 0.4) is 0 Å². The topological polar surface area (TPSA) is 121 Å². The van der Waals surface area contributed by atoms with Gasteiger partial charge in [-0.1, -0.05) is 0 Å². The van der Waals surface area contributed by atoms with Gasteiger partial charge in [0, 0.05) is 0 Å². The van der Waals surface area contributed by atoms with Crippen molar-refractivity contribution in [2.24, 2.45) is 0 Å². The van der Waals surface area contributed by atoms with Crippen molar-refractivity contribution in [3.63, 3.8) is 0 Å². The molecule has 4 aromatic rings. The van der Waals surface area contributed by atoms with Crippen molar-refractivity contribution >= 4 is 52.6 Å². The van der Waals surface area contributed by atoms with E-state index in [4.69, 9.17) is 4.74 Å². The van der Waals surface area contributed by atoms with Crippen molar-refractivity contribution in [3.8, 4) is 5.75 Å². The number of rotatable bonds is 8. The van der Waals surface area contributed by atoms with Crippen molar-refractivity contribution in [2.75, 3.05) is 14.2 Å². The first-order valence-corrected chi connectivity index (χ1v) is 12.9. The zero-order valence-corrected chi connectivity index (χ0v) is 21.4. The second-order valence-corrected chi connectivity index (χ2v) is 10.3. The molecule has 0 radical (unpaired) electrons. The molecule has 4 rings (SSSR count). The number of nitrogens with one attached hydrogen (secondary N) is 3. The molecule has 36 heavy (non-hydrogen) atoms. The molecule has 0 aliphatic rings. The van der Waals surface area contributed by atoms with Gasteiger partial charge in [0.25, 0.3) is 0 Å². The number of methoxy groups -OCH3 is 1. The standard InChI is InChI=1S/C27H25N3O5Se/c1-28-25(32)17-9-12-19-21(14-17)29-15-24(19)36-23-6-4-3-5-20(23)26(33)30-22(27(34)35-2)13-16-7-10-18(31)11-8-16/h3-12,14-15,22,29,31H,13H2,1-2H3,(H,28,32)(H,30,33)/t22-/m0/s1. The van der Waals surface area contributed by atoms with E-state index in [1.54, 1.807) is 43.4 Å². The number of carbonyl (C=O) groups is 3. The van der Waals surface area contributed by atoms with Crippen molar-refractivity contribution in [1.29, 1.82) is 0 Å². The number of amides is 2. The predicted octanol–water partition coefficient (Wildman–Crippen LogP) is 1.40. The predicted molar refractivity (Wildman–Crippen MR) is 138 cm³/mol. The van der Waals surface area contributed by atoms with Gasteiger partial charge in [0.1, 0.15) is 0 Å². The van der Waals surface area contributed by atoms with E-state index in [0.717, 1.165) is 25.4 Å². The molecule has 0 saturated heterocycles. The van der Waals surface area contributed by atoms with E-state index in [9.17, 15) is 19.5 Å². The Hall–Kier alpha value is -4.07. The Labute approximate surface area is 214 Å². The fourth-order valence-corrected chi connectivity index (χ4v) is 5.99.